The van der Waals surface area contributed by atoms with E-state index in [1.165, 1.54) is 36.8 Å². The van der Waals surface area contributed by atoms with Gasteiger partial charge in [0, 0.05) is 19.6 Å². The molecule has 0 amide bonds. The molecule has 0 saturated heterocycles. The Morgan fingerprint density at radius 2 is 2.00 bits per heavy atom. The summed E-state index contributed by atoms with van der Waals surface area (Å²) in [4.78, 5) is 12.2. The van der Waals surface area contributed by atoms with E-state index in [9.17, 15) is 4.91 Å². The van der Waals surface area contributed by atoms with Crippen LogP contribution in [0.5, 0.6) is 0 Å². The fraction of sp³-hybridized carbons (Fsp3) is 0.222. The van der Waals surface area contributed by atoms with Crippen molar-refractivity contribution in [2.45, 2.75) is 13.0 Å². The minimum Gasteiger partial charge on any atom is -0.295 e. The third-order valence-corrected chi connectivity index (χ3v) is 2.99. The van der Waals surface area contributed by atoms with Gasteiger partial charge in [-0.15, -0.1) is 4.91 Å². The Bertz CT molecular complexity index is 493. The molecular formula is C18H22N2O. The first-order valence-corrected chi connectivity index (χ1v) is 7.00. The normalized spacial score (nSPS) is 14.8. The molecule has 0 bridgehead atoms. The van der Waals surface area contributed by atoms with E-state index in [1.807, 2.05) is 0 Å². The molecule has 1 heterocycles. The lowest BCUT2D eigenvalue weighted by Gasteiger charge is -2.22. The Morgan fingerprint density at radius 3 is 2.48 bits per heavy atom. The Kier molecular flexibility index (Phi) is 8.41. The number of rotatable bonds is 5. The molecule has 0 fully saturated rings. The second-order valence-corrected chi connectivity index (χ2v) is 4.60. The van der Waals surface area contributed by atoms with E-state index < -0.39 is 0 Å². The molecule has 0 radical (unpaired) electrons. The predicted octanol–water partition coefficient (Wildman–Crippen LogP) is 4.46. The molecule has 0 unspecified atom stereocenters. The number of allylic oxidation sites excluding steroid dienone is 3. The average molecular weight is 282 g/mol. The van der Waals surface area contributed by atoms with Crippen LogP contribution in [-0.4, -0.2) is 18.0 Å². The van der Waals surface area contributed by atoms with Crippen LogP contribution in [0.3, 0.4) is 0 Å². The second-order valence-electron chi connectivity index (χ2n) is 4.60. The van der Waals surface area contributed by atoms with E-state index in [0.29, 0.717) is 5.70 Å². The summed E-state index contributed by atoms with van der Waals surface area (Å²) < 4.78 is 0. The van der Waals surface area contributed by atoms with Gasteiger partial charge >= 0.3 is 0 Å². The molecule has 0 aromatic heterocycles. The number of nitrogens with zero attached hydrogens (tertiary/aromatic N) is 2. The molecular weight excluding hydrogens is 260 g/mol. The van der Waals surface area contributed by atoms with Crippen LogP contribution in [0.25, 0.3) is 0 Å². The lowest BCUT2D eigenvalue weighted by molar-refractivity contribution is 0.291. The third-order valence-electron chi connectivity index (χ3n) is 2.99. The largest absolute Gasteiger partial charge is 0.295 e. The molecule has 3 heteroatoms. The van der Waals surface area contributed by atoms with Gasteiger partial charge in [0.1, 0.15) is 5.70 Å². The molecule has 1 aliphatic heterocycles. The highest BCUT2D eigenvalue weighted by Gasteiger charge is 2.05. The molecule has 0 N–H and O–H groups in total. The lowest BCUT2D eigenvalue weighted by atomic mass is 10.2. The second kappa shape index (κ2) is 10.5. The molecule has 0 spiro atoms. The Morgan fingerprint density at radius 1 is 1.24 bits per heavy atom. The van der Waals surface area contributed by atoms with Gasteiger partial charge in [0.2, 0.25) is 0 Å². The summed E-state index contributed by atoms with van der Waals surface area (Å²) in [6.45, 7) is 10.1. The Hall–Kier alpha value is -2.26. The van der Waals surface area contributed by atoms with Crippen molar-refractivity contribution in [3.8, 4) is 0 Å². The molecule has 1 aromatic rings. The topological polar surface area (TPSA) is 32.7 Å². The van der Waals surface area contributed by atoms with Crippen molar-refractivity contribution in [3.05, 3.63) is 90.0 Å². The van der Waals surface area contributed by atoms with Gasteiger partial charge in [0.05, 0.1) is 0 Å². The maximum atomic E-state index is 9.69. The zero-order chi connectivity index (χ0) is 15.3. The highest BCUT2D eigenvalue weighted by atomic mass is 16.3. The van der Waals surface area contributed by atoms with Crippen LogP contribution in [0.15, 0.2) is 84.7 Å². The minimum atomic E-state index is 0.306. The van der Waals surface area contributed by atoms with Gasteiger partial charge in [0.15, 0.2) is 0 Å². The van der Waals surface area contributed by atoms with Crippen LogP contribution in [0, 0.1) is 4.91 Å². The molecule has 0 aliphatic carbocycles. The highest BCUT2D eigenvalue weighted by molar-refractivity contribution is 5.19. The summed E-state index contributed by atoms with van der Waals surface area (Å²) in [5, 5.41) is 2.62. The minimum absolute atomic E-state index is 0.306. The molecule has 0 atom stereocenters. The zero-order valence-corrected chi connectivity index (χ0v) is 12.3. The van der Waals surface area contributed by atoms with Gasteiger partial charge < -0.3 is 0 Å². The van der Waals surface area contributed by atoms with E-state index in [-0.39, 0.29) is 0 Å². The first kappa shape index (κ1) is 16.8. The summed E-state index contributed by atoms with van der Waals surface area (Å²) in [7, 11) is 0. The van der Waals surface area contributed by atoms with Gasteiger partial charge in [-0.1, -0.05) is 61.7 Å². The molecule has 3 nitrogen and oxygen atoms in total. The van der Waals surface area contributed by atoms with Crippen molar-refractivity contribution in [3.63, 3.8) is 0 Å². The summed E-state index contributed by atoms with van der Waals surface area (Å²) in [6.07, 6.45) is 10.1. The van der Waals surface area contributed by atoms with E-state index in [1.54, 1.807) is 0 Å². The summed E-state index contributed by atoms with van der Waals surface area (Å²) in [5.74, 6) is 0. The summed E-state index contributed by atoms with van der Waals surface area (Å²) in [6, 6.07) is 10.7. The summed E-state index contributed by atoms with van der Waals surface area (Å²) in [5.41, 5.74) is 1.72. The first-order valence-electron chi connectivity index (χ1n) is 7.00. The monoisotopic (exact) mass is 282 g/mol. The average Bonchev–Trinajstić information content (AvgIpc) is 2.55. The van der Waals surface area contributed by atoms with E-state index in [0.717, 1.165) is 13.1 Å². The summed E-state index contributed by atoms with van der Waals surface area (Å²) >= 11 is 0. The third kappa shape index (κ3) is 7.18. The molecule has 0 saturated carbocycles. The van der Waals surface area contributed by atoms with Gasteiger partial charge in [-0.2, -0.15) is 0 Å². The zero-order valence-electron chi connectivity index (χ0n) is 12.3. The van der Waals surface area contributed by atoms with Crippen molar-refractivity contribution in [1.82, 2.24) is 4.90 Å². The first-order chi connectivity index (χ1) is 10.3. The van der Waals surface area contributed by atoms with Gasteiger partial charge in [-0.05, 0) is 29.3 Å². The molecule has 1 aromatic carbocycles. The smallest absolute Gasteiger partial charge is 0.107 e. The fourth-order valence-corrected chi connectivity index (χ4v) is 1.93. The lowest BCUT2D eigenvalue weighted by Crippen LogP contribution is -2.26. The number of nitroso groups, excluding NO2 is 1. The number of hydrogen-bond donors (Lipinski definition) is 0. The predicted molar refractivity (Wildman–Crippen MR) is 89.7 cm³/mol. The van der Waals surface area contributed by atoms with Crippen LogP contribution in [-0.2, 0) is 6.54 Å². The molecule has 21 heavy (non-hydrogen) atoms. The number of hydrogen-bond acceptors (Lipinski definition) is 3. The van der Waals surface area contributed by atoms with Crippen LogP contribution >= 0.6 is 0 Å². The molecule has 110 valence electrons. The van der Waals surface area contributed by atoms with Crippen molar-refractivity contribution < 1.29 is 0 Å². The van der Waals surface area contributed by atoms with Crippen molar-refractivity contribution in [2.24, 2.45) is 5.18 Å². The van der Waals surface area contributed by atoms with Gasteiger partial charge in [-0.25, -0.2) is 0 Å². The van der Waals surface area contributed by atoms with E-state index in [2.05, 4.69) is 65.7 Å². The fourth-order valence-electron chi connectivity index (χ4n) is 1.93. The van der Waals surface area contributed by atoms with Crippen molar-refractivity contribution in [1.29, 1.82) is 0 Å². The Labute approximate surface area is 127 Å². The highest BCUT2D eigenvalue weighted by Crippen LogP contribution is 2.07. The number of benzene rings is 1. The quantitative estimate of drug-likeness (QED) is 0.454. The maximum absolute atomic E-state index is 9.69. The van der Waals surface area contributed by atoms with E-state index >= 15 is 0 Å². The molecule has 1 aliphatic rings. The van der Waals surface area contributed by atoms with E-state index in [4.69, 9.17) is 0 Å². The van der Waals surface area contributed by atoms with Crippen LogP contribution in [0.1, 0.15) is 12.0 Å². The van der Waals surface area contributed by atoms with Crippen LogP contribution in [0.2, 0.25) is 0 Å². The maximum Gasteiger partial charge on any atom is 0.107 e. The van der Waals surface area contributed by atoms with Crippen LogP contribution in [0.4, 0.5) is 0 Å². The van der Waals surface area contributed by atoms with Gasteiger partial charge in [-0.3, -0.25) is 4.90 Å². The Balaban J connectivity index is 0.000000240. The van der Waals surface area contributed by atoms with Crippen molar-refractivity contribution >= 4 is 0 Å². The van der Waals surface area contributed by atoms with Crippen LogP contribution < -0.4 is 0 Å². The molecule has 2 rings (SSSR count). The van der Waals surface area contributed by atoms with Crippen molar-refractivity contribution in [2.75, 3.05) is 13.1 Å². The van der Waals surface area contributed by atoms with Gasteiger partial charge in [0.25, 0.3) is 0 Å². The standard InChI is InChI=1S/C12H15N.C6H7NO/c1-3-7-12(8-4-1)11-13-9-5-2-6-10-13;1-3-5-6(4-2)7-8/h1-5,7-8H,6,9-11H2;3-5H,1-2H2/b;6-5+. The SMILES string of the molecule is C1=CCN(Cc2ccccc2)CC1.C=C/C=C(\C=C)N=O.